The van der Waals surface area contributed by atoms with Crippen molar-refractivity contribution in [3.05, 3.63) is 22.5 Å². The normalized spacial score (nSPS) is 12.1. The van der Waals surface area contributed by atoms with Crippen LogP contribution < -0.4 is 10.6 Å². The Morgan fingerprint density at radius 1 is 1.68 bits per heavy atom. The van der Waals surface area contributed by atoms with E-state index in [2.05, 4.69) is 15.7 Å². The molecular formula is C10H17N5O4. The molecule has 0 saturated carbocycles. The Morgan fingerprint density at radius 2 is 2.42 bits per heavy atom. The van der Waals surface area contributed by atoms with Crippen LogP contribution in [0.25, 0.3) is 0 Å². The molecule has 0 bridgehead atoms. The number of hydrogen-bond acceptors (Lipinski definition) is 6. The van der Waals surface area contributed by atoms with Gasteiger partial charge in [0.1, 0.15) is 12.4 Å². The van der Waals surface area contributed by atoms with Gasteiger partial charge >= 0.3 is 5.69 Å². The van der Waals surface area contributed by atoms with Crippen LogP contribution in [0.15, 0.2) is 12.4 Å². The van der Waals surface area contributed by atoms with E-state index < -0.39 is 11.0 Å². The predicted molar refractivity (Wildman–Crippen MR) is 66.4 cm³/mol. The van der Waals surface area contributed by atoms with Crippen LogP contribution in [0.3, 0.4) is 0 Å². The summed E-state index contributed by atoms with van der Waals surface area (Å²) in [7, 11) is 0. The molecule has 9 heteroatoms. The SMILES string of the molecule is CCNC(=O)CNCC(O)Cn1cc([N+](=O)[O-])cn1. The van der Waals surface area contributed by atoms with Crippen LogP contribution in [-0.4, -0.2) is 51.5 Å². The third-order valence-corrected chi connectivity index (χ3v) is 2.27. The molecule has 1 amide bonds. The molecule has 0 fully saturated rings. The van der Waals surface area contributed by atoms with Crippen molar-refractivity contribution in [2.24, 2.45) is 0 Å². The van der Waals surface area contributed by atoms with Gasteiger partial charge in [0.05, 0.1) is 24.1 Å². The number of rotatable bonds is 8. The van der Waals surface area contributed by atoms with Crippen LogP contribution >= 0.6 is 0 Å². The number of carbonyl (C=O) groups excluding carboxylic acids is 1. The van der Waals surface area contributed by atoms with Crippen LogP contribution in [0.1, 0.15) is 6.92 Å². The van der Waals surface area contributed by atoms with E-state index in [1.165, 1.54) is 10.9 Å². The number of amides is 1. The van der Waals surface area contributed by atoms with Crippen molar-refractivity contribution >= 4 is 11.6 Å². The van der Waals surface area contributed by atoms with Crippen molar-refractivity contribution in [3.63, 3.8) is 0 Å². The van der Waals surface area contributed by atoms with E-state index in [-0.39, 0.29) is 31.2 Å². The Kier molecular flexibility index (Phi) is 5.90. The molecule has 1 atom stereocenters. The molecule has 1 aromatic rings. The highest BCUT2D eigenvalue weighted by atomic mass is 16.6. The number of nitrogens with zero attached hydrogens (tertiary/aromatic N) is 3. The molecule has 9 nitrogen and oxygen atoms in total. The summed E-state index contributed by atoms with van der Waals surface area (Å²) in [5.74, 6) is -0.149. The highest BCUT2D eigenvalue weighted by Gasteiger charge is 2.12. The van der Waals surface area contributed by atoms with E-state index in [1.54, 1.807) is 0 Å². The number of carbonyl (C=O) groups is 1. The average molecular weight is 271 g/mol. The third kappa shape index (κ3) is 5.44. The maximum atomic E-state index is 11.1. The Hall–Kier alpha value is -2.00. The summed E-state index contributed by atoms with van der Waals surface area (Å²) in [6.45, 7) is 2.81. The van der Waals surface area contributed by atoms with E-state index >= 15 is 0 Å². The van der Waals surface area contributed by atoms with Gasteiger partial charge in [-0.3, -0.25) is 19.6 Å². The van der Waals surface area contributed by atoms with Crippen molar-refractivity contribution < 1.29 is 14.8 Å². The topological polar surface area (TPSA) is 122 Å². The maximum Gasteiger partial charge on any atom is 0.306 e. The zero-order valence-corrected chi connectivity index (χ0v) is 10.6. The Labute approximate surface area is 109 Å². The fraction of sp³-hybridized carbons (Fsp3) is 0.600. The molecule has 0 aliphatic heterocycles. The van der Waals surface area contributed by atoms with Gasteiger partial charge in [0.2, 0.25) is 5.91 Å². The lowest BCUT2D eigenvalue weighted by molar-refractivity contribution is -0.385. The molecule has 0 radical (unpaired) electrons. The van der Waals surface area contributed by atoms with E-state index in [4.69, 9.17) is 0 Å². The maximum absolute atomic E-state index is 11.1. The van der Waals surface area contributed by atoms with Crippen LogP contribution in [0.2, 0.25) is 0 Å². The van der Waals surface area contributed by atoms with Crippen molar-refractivity contribution in [3.8, 4) is 0 Å². The lowest BCUT2D eigenvalue weighted by Gasteiger charge is -2.11. The van der Waals surface area contributed by atoms with Gasteiger partial charge in [-0.15, -0.1) is 0 Å². The zero-order valence-electron chi connectivity index (χ0n) is 10.6. The molecule has 1 heterocycles. The smallest absolute Gasteiger partial charge is 0.306 e. The molecule has 106 valence electrons. The Morgan fingerprint density at radius 3 is 3.00 bits per heavy atom. The fourth-order valence-corrected chi connectivity index (χ4v) is 1.44. The summed E-state index contributed by atoms with van der Waals surface area (Å²) in [5, 5.41) is 29.3. The van der Waals surface area contributed by atoms with Crippen molar-refractivity contribution in [1.29, 1.82) is 0 Å². The summed E-state index contributed by atoms with van der Waals surface area (Å²) in [6, 6.07) is 0. The standard InChI is InChI=1S/C10H17N5O4/c1-2-12-10(17)5-11-4-9(16)7-14-6-8(3-13-14)15(18)19/h3,6,9,11,16H,2,4-5,7H2,1H3,(H,12,17). The molecule has 0 spiro atoms. The first kappa shape index (κ1) is 15.1. The molecule has 19 heavy (non-hydrogen) atoms. The minimum Gasteiger partial charge on any atom is -0.390 e. The molecule has 0 aliphatic carbocycles. The summed E-state index contributed by atoms with van der Waals surface area (Å²) in [6.07, 6.45) is 1.58. The molecule has 1 aromatic heterocycles. The van der Waals surface area contributed by atoms with Gasteiger partial charge in [0.15, 0.2) is 0 Å². The molecule has 0 aromatic carbocycles. The van der Waals surface area contributed by atoms with Crippen LogP contribution in [0.4, 0.5) is 5.69 Å². The zero-order chi connectivity index (χ0) is 14.3. The van der Waals surface area contributed by atoms with Crippen molar-refractivity contribution in [2.75, 3.05) is 19.6 Å². The van der Waals surface area contributed by atoms with Gasteiger partial charge in [-0.1, -0.05) is 0 Å². The van der Waals surface area contributed by atoms with Gasteiger partial charge < -0.3 is 15.7 Å². The fourth-order valence-electron chi connectivity index (χ4n) is 1.44. The van der Waals surface area contributed by atoms with Gasteiger partial charge in [-0.05, 0) is 6.92 Å². The summed E-state index contributed by atoms with van der Waals surface area (Å²) in [4.78, 5) is 21.0. The Balaban J connectivity index is 2.28. The second-order valence-electron chi connectivity index (χ2n) is 3.92. The minimum atomic E-state index is -0.783. The lowest BCUT2D eigenvalue weighted by Crippen LogP contribution is -2.38. The predicted octanol–water partition coefficient (Wildman–Crippen LogP) is -1.12. The number of nitro groups is 1. The highest BCUT2D eigenvalue weighted by molar-refractivity contribution is 5.77. The molecule has 0 aliphatic rings. The van der Waals surface area contributed by atoms with E-state index in [1.807, 2.05) is 6.92 Å². The van der Waals surface area contributed by atoms with Crippen LogP contribution in [0.5, 0.6) is 0 Å². The summed E-state index contributed by atoms with van der Waals surface area (Å²) < 4.78 is 1.29. The van der Waals surface area contributed by atoms with Crippen LogP contribution in [0, 0.1) is 10.1 Å². The van der Waals surface area contributed by atoms with E-state index in [9.17, 15) is 20.0 Å². The first-order valence-corrected chi connectivity index (χ1v) is 5.85. The first-order chi connectivity index (χ1) is 9.02. The quantitative estimate of drug-likeness (QED) is 0.406. The van der Waals surface area contributed by atoms with E-state index in [0.717, 1.165) is 6.20 Å². The largest absolute Gasteiger partial charge is 0.390 e. The summed E-state index contributed by atoms with van der Waals surface area (Å²) >= 11 is 0. The van der Waals surface area contributed by atoms with Gasteiger partial charge in [-0.2, -0.15) is 5.10 Å². The van der Waals surface area contributed by atoms with Gasteiger partial charge in [0, 0.05) is 13.1 Å². The summed E-state index contributed by atoms with van der Waals surface area (Å²) in [5.41, 5.74) is -0.123. The average Bonchev–Trinajstić information content (AvgIpc) is 2.78. The molecular weight excluding hydrogens is 254 g/mol. The monoisotopic (exact) mass is 271 g/mol. The highest BCUT2D eigenvalue weighted by Crippen LogP contribution is 2.07. The van der Waals surface area contributed by atoms with Gasteiger partial charge in [-0.25, -0.2) is 0 Å². The molecule has 1 unspecified atom stereocenters. The van der Waals surface area contributed by atoms with E-state index in [0.29, 0.717) is 6.54 Å². The number of hydrogen-bond donors (Lipinski definition) is 3. The van der Waals surface area contributed by atoms with Gasteiger partial charge in [0.25, 0.3) is 0 Å². The molecule has 0 saturated heterocycles. The number of aliphatic hydroxyl groups is 1. The minimum absolute atomic E-state index is 0.115. The second-order valence-corrected chi connectivity index (χ2v) is 3.92. The lowest BCUT2D eigenvalue weighted by atomic mass is 10.3. The molecule has 1 rings (SSSR count). The van der Waals surface area contributed by atoms with Crippen LogP contribution in [-0.2, 0) is 11.3 Å². The van der Waals surface area contributed by atoms with Crippen molar-refractivity contribution in [1.82, 2.24) is 20.4 Å². The number of aliphatic hydroxyl groups excluding tert-OH is 1. The second kappa shape index (κ2) is 7.44. The first-order valence-electron chi connectivity index (χ1n) is 5.85. The number of nitrogens with one attached hydrogen (secondary N) is 2. The Bertz CT molecular complexity index is 433. The number of likely N-dealkylation sites (N-methyl/N-ethyl adjacent to an activating group) is 1. The molecule has 3 N–H and O–H groups in total. The number of aromatic nitrogens is 2. The van der Waals surface area contributed by atoms with Crippen molar-refractivity contribution in [2.45, 2.75) is 19.6 Å². The third-order valence-electron chi connectivity index (χ3n) is 2.27.